The van der Waals surface area contributed by atoms with Crippen molar-refractivity contribution in [3.05, 3.63) is 24.0 Å². The van der Waals surface area contributed by atoms with E-state index in [2.05, 4.69) is 10.6 Å². The van der Waals surface area contributed by atoms with E-state index in [0.717, 1.165) is 12.8 Å². The zero-order valence-electron chi connectivity index (χ0n) is 7.43. The van der Waals surface area contributed by atoms with Gasteiger partial charge in [0.1, 0.15) is 11.4 Å². The van der Waals surface area contributed by atoms with E-state index >= 15 is 0 Å². The lowest BCUT2D eigenvalue weighted by Crippen LogP contribution is -2.40. The summed E-state index contributed by atoms with van der Waals surface area (Å²) in [5, 5.41) is 5.86. The van der Waals surface area contributed by atoms with Gasteiger partial charge in [-0.15, -0.1) is 0 Å². The van der Waals surface area contributed by atoms with Crippen LogP contribution in [0.4, 0.5) is 15.8 Å². The zero-order chi connectivity index (χ0) is 9.76. The number of fused-ring (bicyclic) bond motifs is 1. The summed E-state index contributed by atoms with van der Waals surface area (Å²) in [5.74, 6) is -0.292. The molecule has 14 heavy (non-hydrogen) atoms. The highest BCUT2D eigenvalue weighted by Crippen LogP contribution is 2.44. The fourth-order valence-corrected chi connectivity index (χ4v) is 1.76. The van der Waals surface area contributed by atoms with E-state index in [1.54, 1.807) is 6.07 Å². The third-order valence-corrected chi connectivity index (χ3v) is 2.79. The van der Waals surface area contributed by atoms with Crippen molar-refractivity contribution in [2.45, 2.75) is 18.4 Å². The molecular formula is C10H9FN2O. The van der Waals surface area contributed by atoms with Crippen LogP contribution in [0.5, 0.6) is 0 Å². The van der Waals surface area contributed by atoms with Crippen LogP contribution in [0.15, 0.2) is 18.2 Å². The molecule has 2 N–H and O–H groups in total. The average molecular weight is 192 g/mol. The lowest BCUT2D eigenvalue weighted by molar-refractivity contribution is -0.117. The fourth-order valence-electron chi connectivity index (χ4n) is 1.76. The first-order valence-electron chi connectivity index (χ1n) is 4.59. The Morgan fingerprint density at radius 2 is 2.07 bits per heavy atom. The molecular weight excluding hydrogens is 183 g/mol. The largest absolute Gasteiger partial charge is 0.369 e. The Balaban J connectivity index is 2.07. The maximum Gasteiger partial charge on any atom is 0.250 e. The molecule has 1 fully saturated rings. The molecule has 1 aromatic carbocycles. The Morgan fingerprint density at radius 1 is 1.29 bits per heavy atom. The minimum atomic E-state index is -0.444. The van der Waals surface area contributed by atoms with Crippen LogP contribution >= 0.6 is 0 Å². The molecule has 1 aromatic rings. The van der Waals surface area contributed by atoms with Gasteiger partial charge < -0.3 is 10.6 Å². The molecule has 0 radical (unpaired) electrons. The van der Waals surface area contributed by atoms with Gasteiger partial charge >= 0.3 is 0 Å². The molecule has 1 aliphatic carbocycles. The van der Waals surface area contributed by atoms with E-state index in [9.17, 15) is 9.18 Å². The maximum atomic E-state index is 12.9. The van der Waals surface area contributed by atoms with Gasteiger partial charge in [0.25, 0.3) is 0 Å². The first-order valence-corrected chi connectivity index (χ1v) is 4.59. The van der Waals surface area contributed by atoms with Gasteiger partial charge in [0.15, 0.2) is 0 Å². The molecule has 0 aromatic heterocycles. The summed E-state index contributed by atoms with van der Waals surface area (Å²) in [5.41, 5.74) is 0.900. The topological polar surface area (TPSA) is 41.1 Å². The smallest absolute Gasteiger partial charge is 0.250 e. The number of carbonyl (C=O) groups is 1. The number of hydrogen-bond donors (Lipinski definition) is 2. The highest BCUT2D eigenvalue weighted by molar-refractivity contribution is 6.07. The molecule has 0 saturated heterocycles. The lowest BCUT2D eigenvalue weighted by atomic mass is 10.1. The van der Waals surface area contributed by atoms with Crippen molar-refractivity contribution in [2.24, 2.45) is 0 Å². The van der Waals surface area contributed by atoms with Crippen LogP contribution in [0.3, 0.4) is 0 Å². The quantitative estimate of drug-likeness (QED) is 0.657. The van der Waals surface area contributed by atoms with E-state index in [-0.39, 0.29) is 11.7 Å². The van der Waals surface area contributed by atoms with Crippen LogP contribution < -0.4 is 10.6 Å². The predicted octanol–water partition coefficient (Wildman–Crippen LogP) is 1.72. The van der Waals surface area contributed by atoms with Crippen LogP contribution in [0.25, 0.3) is 0 Å². The van der Waals surface area contributed by atoms with Gasteiger partial charge in [0, 0.05) is 0 Å². The minimum absolute atomic E-state index is 0.00314. The summed E-state index contributed by atoms with van der Waals surface area (Å²) in [6.07, 6.45) is 1.66. The van der Waals surface area contributed by atoms with Crippen molar-refractivity contribution in [3.8, 4) is 0 Å². The summed E-state index contributed by atoms with van der Waals surface area (Å²) in [6.45, 7) is 0. The average Bonchev–Trinajstić information content (AvgIpc) is 2.89. The summed E-state index contributed by atoms with van der Waals surface area (Å²) in [4.78, 5) is 11.6. The molecule has 72 valence electrons. The Hall–Kier alpha value is -1.58. The Labute approximate surface area is 80.3 Å². The second kappa shape index (κ2) is 2.26. The highest BCUT2D eigenvalue weighted by atomic mass is 19.1. The molecule has 3 rings (SSSR count). The molecule has 4 heteroatoms. The molecule has 3 nitrogen and oxygen atoms in total. The number of benzene rings is 1. The summed E-state index contributed by atoms with van der Waals surface area (Å²) in [6, 6.07) is 4.32. The van der Waals surface area contributed by atoms with Gasteiger partial charge in [0.2, 0.25) is 5.91 Å². The predicted molar refractivity (Wildman–Crippen MR) is 50.6 cm³/mol. The van der Waals surface area contributed by atoms with Crippen molar-refractivity contribution >= 4 is 17.3 Å². The third-order valence-electron chi connectivity index (χ3n) is 2.79. The molecule has 2 aliphatic rings. The fraction of sp³-hybridized carbons (Fsp3) is 0.300. The molecule has 1 amide bonds. The number of carbonyl (C=O) groups excluding carboxylic acids is 1. The van der Waals surface area contributed by atoms with Gasteiger partial charge in [-0.3, -0.25) is 4.79 Å². The molecule has 1 spiro atoms. The van der Waals surface area contributed by atoms with Crippen LogP contribution in [0.1, 0.15) is 12.8 Å². The van der Waals surface area contributed by atoms with Crippen LogP contribution in [-0.2, 0) is 4.79 Å². The minimum Gasteiger partial charge on any atom is -0.369 e. The van der Waals surface area contributed by atoms with Crippen molar-refractivity contribution in [1.82, 2.24) is 0 Å². The van der Waals surface area contributed by atoms with Crippen LogP contribution in [-0.4, -0.2) is 11.4 Å². The Bertz CT molecular complexity index is 426. The third kappa shape index (κ3) is 0.937. The normalized spacial score (nSPS) is 21.1. The number of rotatable bonds is 0. The second-order valence-corrected chi connectivity index (χ2v) is 3.85. The molecule has 0 bridgehead atoms. The van der Waals surface area contributed by atoms with Gasteiger partial charge in [-0.05, 0) is 31.0 Å². The Morgan fingerprint density at radius 3 is 2.79 bits per heavy atom. The van der Waals surface area contributed by atoms with Crippen LogP contribution in [0.2, 0.25) is 0 Å². The van der Waals surface area contributed by atoms with Crippen molar-refractivity contribution in [2.75, 3.05) is 10.6 Å². The summed E-state index contributed by atoms with van der Waals surface area (Å²) >= 11 is 0. The second-order valence-electron chi connectivity index (χ2n) is 3.85. The number of nitrogens with one attached hydrogen (secondary N) is 2. The van der Waals surface area contributed by atoms with Gasteiger partial charge in [0.05, 0.1) is 11.4 Å². The molecule has 1 saturated carbocycles. The van der Waals surface area contributed by atoms with E-state index in [1.165, 1.54) is 12.1 Å². The Kier molecular flexibility index (Phi) is 1.26. The van der Waals surface area contributed by atoms with E-state index < -0.39 is 5.54 Å². The number of halogens is 1. The number of anilines is 2. The number of amides is 1. The van der Waals surface area contributed by atoms with Gasteiger partial charge in [-0.1, -0.05) is 0 Å². The standard InChI is InChI=1S/C10H9FN2O/c11-6-1-2-7-8(5-6)13-10(3-4-10)9(14)12-7/h1-2,5,13H,3-4H2,(H,12,14). The summed E-state index contributed by atoms with van der Waals surface area (Å²) < 4.78 is 12.9. The van der Waals surface area contributed by atoms with Crippen molar-refractivity contribution in [3.63, 3.8) is 0 Å². The van der Waals surface area contributed by atoms with Gasteiger partial charge in [-0.25, -0.2) is 4.39 Å². The van der Waals surface area contributed by atoms with Crippen molar-refractivity contribution < 1.29 is 9.18 Å². The van der Waals surface area contributed by atoms with Crippen LogP contribution in [0, 0.1) is 5.82 Å². The van der Waals surface area contributed by atoms with E-state index in [1.807, 2.05) is 0 Å². The zero-order valence-corrected chi connectivity index (χ0v) is 7.43. The lowest BCUT2D eigenvalue weighted by Gasteiger charge is -2.26. The molecule has 0 unspecified atom stereocenters. The van der Waals surface area contributed by atoms with E-state index in [4.69, 9.17) is 0 Å². The monoisotopic (exact) mass is 192 g/mol. The highest BCUT2D eigenvalue weighted by Gasteiger charge is 2.52. The van der Waals surface area contributed by atoms with Crippen molar-refractivity contribution in [1.29, 1.82) is 0 Å². The first kappa shape index (κ1) is 7.79. The molecule has 1 heterocycles. The molecule has 1 aliphatic heterocycles. The van der Waals surface area contributed by atoms with Gasteiger partial charge in [-0.2, -0.15) is 0 Å². The SMILES string of the molecule is O=C1Nc2ccc(F)cc2NC12CC2. The number of hydrogen-bond acceptors (Lipinski definition) is 2. The summed E-state index contributed by atoms with van der Waals surface area (Å²) in [7, 11) is 0. The van der Waals surface area contributed by atoms with E-state index in [0.29, 0.717) is 11.4 Å². The maximum absolute atomic E-state index is 12.9. The molecule has 0 atom stereocenters. The first-order chi connectivity index (χ1) is 6.70.